The smallest absolute Gasteiger partial charge is 0.227 e. The Labute approximate surface area is 146 Å². The van der Waals surface area contributed by atoms with Crippen molar-refractivity contribution in [3.05, 3.63) is 61.3 Å². The van der Waals surface area contributed by atoms with Crippen molar-refractivity contribution in [2.45, 2.75) is 70.9 Å². The molecule has 0 rings (SSSR count). The Hall–Kier alpha value is -1.12. The second-order valence-electron chi connectivity index (χ2n) is 5.93. The summed E-state index contributed by atoms with van der Waals surface area (Å²) < 4.78 is 5.90. The Morgan fingerprint density at radius 2 is 1.52 bits per heavy atom. The summed E-state index contributed by atoms with van der Waals surface area (Å²) >= 11 is 0. The third-order valence-electron chi connectivity index (χ3n) is 4.10. The molecule has 0 N–H and O–H groups in total. The first kappa shape index (κ1) is 21.9. The Morgan fingerprint density at radius 1 is 0.957 bits per heavy atom. The van der Waals surface area contributed by atoms with E-state index in [0.29, 0.717) is 9.76 Å². The van der Waals surface area contributed by atoms with Gasteiger partial charge in [-0.15, -0.1) is 0 Å². The summed E-state index contributed by atoms with van der Waals surface area (Å²) in [7, 11) is 0.450. The molecule has 0 aliphatic carbocycles. The highest BCUT2D eigenvalue weighted by Crippen LogP contribution is 2.27. The Balaban J connectivity index is 4.35. The van der Waals surface area contributed by atoms with Crippen LogP contribution in [-0.2, 0) is 4.43 Å². The Kier molecular flexibility index (Phi) is 12.7. The number of unbranched alkanes of at least 4 members (excludes halogenated alkanes) is 6. The maximum Gasteiger partial charge on any atom is 0.227 e. The molecule has 1 unspecified atom stereocenters. The number of allylic oxidation sites excluding steroid dienone is 3. The van der Waals surface area contributed by atoms with Crippen LogP contribution in [0.3, 0.4) is 0 Å². The van der Waals surface area contributed by atoms with Gasteiger partial charge in [0, 0.05) is 0 Å². The molecular weight excluding hydrogens is 296 g/mol. The highest BCUT2D eigenvalue weighted by Gasteiger charge is 2.17. The van der Waals surface area contributed by atoms with E-state index in [1.54, 1.807) is 6.08 Å². The topological polar surface area (TPSA) is 9.23 Å². The molecule has 1 atom stereocenters. The van der Waals surface area contributed by atoms with Crippen LogP contribution in [0.15, 0.2) is 61.3 Å². The van der Waals surface area contributed by atoms with Gasteiger partial charge in [-0.2, -0.15) is 0 Å². The van der Waals surface area contributed by atoms with Gasteiger partial charge in [0.25, 0.3) is 0 Å². The average molecular weight is 331 g/mol. The molecule has 128 valence electrons. The maximum absolute atomic E-state index is 5.90. The summed E-state index contributed by atoms with van der Waals surface area (Å²) in [5.41, 5.74) is 3.36. The Morgan fingerprint density at radius 3 is 2.04 bits per heavy atom. The normalized spacial score (nSPS) is 11.7. The van der Waals surface area contributed by atoms with Crippen molar-refractivity contribution < 1.29 is 4.43 Å². The summed E-state index contributed by atoms with van der Waals surface area (Å²) in [6, 6.07) is 0. The van der Waals surface area contributed by atoms with Crippen LogP contribution in [-0.4, -0.2) is 15.9 Å². The van der Waals surface area contributed by atoms with E-state index in [4.69, 9.17) is 4.43 Å². The molecule has 0 aromatic carbocycles. The lowest BCUT2D eigenvalue weighted by Gasteiger charge is -2.22. The van der Waals surface area contributed by atoms with Crippen molar-refractivity contribution in [1.29, 1.82) is 0 Å². The maximum atomic E-state index is 5.90. The van der Waals surface area contributed by atoms with E-state index in [1.165, 1.54) is 44.9 Å². The van der Waals surface area contributed by atoms with Gasteiger partial charge in [0.05, 0.1) is 6.10 Å². The molecular formula is C21H34OSi. The lowest BCUT2D eigenvalue weighted by atomic mass is 9.91. The lowest BCUT2D eigenvalue weighted by Crippen LogP contribution is -2.18. The molecule has 0 bridgehead atoms. The first-order valence-corrected chi connectivity index (χ1v) is 10.1. The van der Waals surface area contributed by atoms with E-state index in [9.17, 15) is 0 Å². The average Bonchev–Trinajstić information content (AvgIpc) is 2.57. The summed E-state index contributed by atoms with van der Waals surface area (Å²) in [5.74, 6) is 0. The largest absolute Gasteiger partial charge is 0.411 e. The molecule has 0 aliphatic rings. The van der Waals surface area contributed by atoms with Crippen LogP contribution < -0.4 is 0 Å². The fourth-order valence-electron chi connectivity index (χ4n) is 2.44. The molecule has 0 spiro atoms. The predicted molar refractivity (Wildman–Crippen MR) is 106 cm³/mol. The number of hydrogen-bond acceptors (Lipinski definition) is 1. The third kappa shape index (κ3) is 8.92. The molecule has 0 fully saturated rings. The minimum atomic E-state index is 0.0378. The molecule has 0 aliphatic heterocycles. The third-order valence-corrected chi connectivity index (χ3v) is 4.62. The van der Waals surface area contributed by atoms with Crippen LogP contribution in [0, 0.1) is 0 Å². The van der Waals surface area contributed by atoms with E-state index < -0.39 is 0 Å². The highest BCUT2D eigenvalue weighted by molar-refractivity contribution is 6.24. The minimum absolute atomic E-state index is 0.0378. The molecule has 2 heteroatoms. The SMILES string of the molecule is C=CC(=C)C(=C)C(=C)C(=C)C(CCCCCCCCC)O[Si]C. The highest BCUT2D eigenvalue weighted by atomic mass is 28.2. The second kappa shape index (κ2) is 13.3. The van der Waals surface area contributed by atoms with Gasteiger partial charge in [0.1, 0.15) is 0 Å². The van der Waals surface area contributed by atoms with E-state index in [-0.39, 0.29) is 6.10 Å². The van der Waals surface area contributed by atoms with Crippen molar-refractivity contribution in [3.8, 4) is 0 Å². The van der Waals surface area contributed by atoms with Crippen molar-refractivity contribution in [1.82, 2.24) is 0 Å². The van der Waals surface area contributed by atoms with Crippen LogP contribution in [0.5, 0.6) is 0 Å². The first-order valence-electron chi connectivity index (χ1n) is 8.70. The zero-order valence-corrected chi connectivity index (χ0v) is 16.3. The van der Waals surface area contributed by atoms with E-state index >= 15 is 0 Å². The molecule has 0 saturated carbocycles. The van der Waals surface area contributed by atoms with Gasteiger partial charge in [-0.25, -0.2) is 0 Å². The van der Waals surface area contributed by atoms with Crippen LogP contribution in [0.25, 0.3) is 0 Å². The van der Waals surface area contributed by atoms with Crippen LogP contribution in [0.4, 0.5) is 0 Å². The molecule has 0 amide bonds. The van der Waals surface area contributed by atoms with Crippen LogP contribution in [0.1, 0.15) is 58.3 Å². The van der Waals surface area contributed by atoms with Crippen LogP contribution in [0.2, 0.25) is 6.55 Å². The molecule has 0 saturated heterocycles. The minimum Gasteiger partial charge on any atom is -0.411 e. The van der Waals surface area contributed by atoms with Gasteiger partial charge in [-0.05, 0) is 35.3 Å². The molecule has 1 nitrogen and oxygen atoms in total. The van der Waals surface area contributed by atoms with Crippen molar-refractivity contribution in [3.63, 3.8) is 0 Å². The fraction of sp³-hybridized carbons (Fsp3) is 0.524. The Bertz CT molecular complexity index is 420. The zero-order valence-electron chi connectivity index (χ0n) is 15.3. The van der Waals surface area contributed by atoms with Gasteiger partial charge >= 0.3 is 0 Å². The number of hydrogen-bond donors (Lipinski definition) is 0. The summed E-state index contributed by atoms with van der Waals surface area (Å²) in [4.78, 5) is 0. The van der Waals surface area contributed by atoms with E-state index in [0.717, 1.165) is 28.7 Å². The summed E-state index contributed by atoms with van der Waals surface area (Å²) in [6.45, 7) is 24.3. The van der Waals surface area contributed by atoms with Crippen LogP contribution >= 0.6 is 0 Å². The van der Waals surface area contributed by atoms with Gasteiger partial charge in [-0.1, -0.05) is 90.8 Å². The zero-order chi connectivity index (χ0) is 17.7. The second-order valence-corrected chi connectivity index (χ2v) is 6.58. The van der Waals surface area contributed by atoms with E-state index in [2.05, 4.69) is 39.8 Å². The molecule has 0 aromatic heterocycles. The molecule has 0 heterocycles. The predicted octanol–water partition coefficient (Wildman–Crippen LogP) is 6.59. The molecule has 23 heavy (non-hydrogen) atoms. The van der Waals surface area contributed by atoms with Crippen molar-refractivity contribution in [2.24, 2.45) is 0 Å². The monoisotopic (exact) mass is 330 g/mol. The lowest BCUT2D eigenvalue weighted by molar-refractivity contribution is 0.237. The number of rotatable bonds is 15. The van der Waals surface area contributed by atoms with E-state index in [1.807, 2.05) is 6.55 Å². The first-order chi connectivity index (χ1) is 11.0. The van der Waals surface area contributed by atoms with Gasteiger partial charge < -0.3 is 4.43 Å². The van der Waals surface area contributed by atoms with Crippen molar-refractivity contribution >= 4 is 9.76 Å². The molecule has 0 aromatic rings. The summed E-state index contributed by atoms with van der Waals surface area (Å²) in [5, 5.41) is 0. The molecule has 2 radical (unpaired) electrons. The van der Waals surface area contributed by atoms with Gasteiger partial charge in [0.15, 0.2) is 0 Å². The van der Waals surface area contributed by atoms with Crippen molar-refractivity contribution in [2.75, 3.05) is 0 Å². The van der Waals surface area contributed by atoms with Gasteiger partial charge in [0.2, 0.25) is 9.76 Å². The summed E-state index contributed by atoms with van der Waals surface area (Å²) in [6.07, 6.45) is 11.8. The standard InChI is InChI=1S/C21H34OSi/c1-8-10-11-12-13-14-15-16-21(22-23-7)20(6)19(5)18(4)17(3)9-2/h9,21H,2-6,8,10-16H2,1,7H3. The quantitative estimate of drug-likeness (QED) is 0.187. The van der Waals surface area contributed by atoms with Gasteiger partial charge in [-0.3, -0.25) is 0 Å². The fourth-order valence-corrected chi connectivity index (χ4v) is 2.98.